The molecule has 1 saturated carbocycles. The molecule has 2 fully saturated rings. The van der Waals surface area contributed by atoms with Gasteiger partial charge in [0.25, 0.3) is 0 Å². The number of ether oxygens (including phenoxy) is 1. The Hall–Kier alpha value is -3.00. The number of halogens is 1. The van der Waals surface area contributed by atoms with E-state index in [2.05, 4.69) is 9.98 Å². The van der Waals surface area contributed by atoms with Gasteiger partial charge >= 0.3 is 6.09 Å². The van der Waals surface area contributed by atoms with Crippen molar-refractivity contribution in [1.82, 2.24) is 10.5 Å². The SMILES string of the molecule is O=C1OC(CC2CC2)CN1c1ccc(-c2ccc(N=CNO)nc2)c(F)c1. The van der Waals surface area contributed by atoms with Crippen molar-refractivity contribution in [2.24, 2.45) is 10.9 Å². The third kappa shape index (κ3) is 3.90. The Bertz CT molecular complexity index is 868. The second-order valence-corrected chi connectivity index (χ2v) is 6.75. The van der Waals surface area contributed by atoms with Crippen molar-refractivity contribution in [3.63, 3.8) is 0 Å². The average Bonchev–Trinajstić information content (AvgIpc) is 3.41. The first kappa shape index (κ1) is 17.4. The van der Waals surface area contributed by atoms with Crippen LogP contribution in [0.3, 0.4) is 0 Å². The summed E-state index contributed by atoms with van der Waals surface area (Å²) in [4.78, 5) is 21.5. The van der Waals surface area contributed by atoms with E-state index in [1.54, 1.807) is 29.7 Å². The Morgan fingerprint density at radius 3 is 2.89 bits per heavy atom. The Balaban J connectivity index is 1.50. The van der Waals surface area contributed by atoms with Gasteiger partial charge in [-0.15, -0.1) is 0 Å². The molecule has 1 unspecified atom stereocenters. The lowest BCUT2D eigenvalue weighted by Crippen LogP contribution is -2.24. The summed E-state index contributed by atoms with van der Waals surface area (Å²) < 4.78 is 20.1. The standard InChI is InChI=1S/C19H19FN4O3/c20-17-8-14(24-10-15(27-19(24)25)7-12-1-2-12)4-5-16(17)13-3-6-18(21-9-13)22-11-23-26/h3-6,8-9,11-12,15,26H,1-2,7,10H2,(H,21,22,23). The molecule has 0 bridgehead atoms. The molecule has 1 aromatic heterocycles. The fourth-order valence-electron chi connectivity index (χ4n) is 3.20. The van der Waals surface area contributed by atoms with Crippen LogP contribution in [0.15, 0.2) is 41.5 Å². The smallest absolute Gasteiger partial charge is 0.414 e. The van der Waals surface area contributed by atoms with Crippen LogP contribution in [0.5, 0.6) is 0 Å². The van der Waals surface area contributed by atoms with E-state index in [-0.39, 0.29) is 6.10 Å². The van der Waals surface area contributed by atoms with Crippen LogP contribution < -0.4 is 10.4 Å². The van der Waals surface area contributed by atoms with Crippen LogP contribution in [0.25, 0.3) is 11.1 Å². The molecule has 1 aliphatic carbocycles. The molecule has 140 valence electrons. The summed E-state index contributed by atoms with van der Waals surface area (Å²) >= 11 is 0. The lowest BCUT2D eigenvalue weighted by atomic mass is 10.1. The van der Waals surface area contributed by atoms with Crippen molar-refractivity contribution in [3.8, 4) is 11.1 Å². The van der Waals surface area contributed by atoms with Crippen molar-refractivity contribution >= 4 is 23.9 Å². The maximum absolute atomic E-state index is 14.7. The highest BCUT2D eigenvalue weighted by Gasteiger charge is 2.36. The zero-order valence-corrected chi connectivity index (χ0v) is 14.5. The Kier molecular flexibility index (Phi) is 4.72. The van der Waals surface area contributed by atoms with E-state index in [1.807, 2.05) is 0 Å². The van der Waals surface area contributed by atoms with Gasteiger partial charge in [0, 0.05) is 17.3 Å². The zero-order valence-electron chi connectivity index (χ0n) is 14.5. The van der Waals surface area contributed by atoms with Gasteiger partial charge in [0.15, 0.2) is 5.82 Å². The van der Waals surface area contributed by atoms with Crippen LogP contribution in [0, 0.1) is 11.7 Å². The van der Waals surface area contributed by atoms with Gasteiger partial charge in [-0.3, -0.25) is 15.6 Å². The van der Waals surface area contributed by atoms with E-state index in [4.69, 9.17) is 9.94 Å². The van der Waals surface area contributed by atoms with Crippen LogP contribution in [-0.2, 0) is 4.74 Å². The number of aromatic nitrogens is 1. The first-order valence-corrected chi connectivity index (χ1v) is 8.80. The lowest BCUT2D eigenvalue weighted by Gasteiger charge is -2.14. The summed E-state index contributed by atoms with van der Waals surface area (Å²) in [7, 11) is 0. The predicted molar refractivity (Wildman–Crippen MR) is 97.7 cm³/mol. The number of carbonyl (C=O) groups is 1. The third-order valence-electron chi connectivity index (χ3n) is 4.74. The van der Waals surface area contributed by atoms with Gasteiger partial charge in [-0.05, 0) is 42.7 Å². The summed E-state index contributed by atoms with van der Waals surface area (Å²) in [5.74, 6) is 0.592. The van der Waals surface area contributed by atoms with Gasteiger partial charge in [-0.2, -0.15) is 0 Å². The number of hydroxylamine groups is 1. The first-order valence-electron chi connectivity index (χ1n) is 8.80. The maximum atomic E-state index is 14.7. The summed E-state index contributed by atoms with van der Waals surface area (Å²) in [5.41, 5.74) is 3.25. The first-order chi connectivity index (χ1) is 13.1. The number of aliphatic imine (C=N–C) groups is 1. The van der Waals surface area contributed by atoms with Gasteiger partial charge in [0.05, 0.1) is 12.2 Å². The van der Waals surface area contributed by atoms with Crippen LogP contribution >= 0.6 is 0 Å². The Morgan fingerprint density at radius 1 is 1.37 bits per heavy atom. The molecule has 2 N–H and O–H groups in total. The number of benzene rings is 1. The van der Waals surface area contributed by atoms with Gasteiger partial charge < -0.3 is 4.74 Å². The highest BCUT2D eigenvalue weighted by atomic mass is 19.1. The summed E-state index contributed by atoms with van der Waals surface area (Å²) in [6.07, 6.45) is 5.33. The molecule has 2 aromatic rings. The molecular weight excluding hydrogens is 351 g/mol. The second kappa shape index (κ2) is 7.32. The minimum atomic E-state index is -0.444. The molecule has 27 heavy (non-hydrogen) atoms. The normalized spacial score (nSPS) is 19.6. The minimum Gasteiger partial charge on any atom is -0.444 e. The number of carbonyl (C=O) groups excluding carboxylic acids is 1. The number of rotatable bonds is 6. The van der Waals surface area contributed by atoms with E-state index in [1.165, 1.54) is 30.0 Å². The zero-order chi connectivity index (χ0) is 18.8. The van der Waals surface area contributed by atoms with Gasteiger partial charge in [-0.25, -0.2) is 19.2 Å². The lowest BCUT2D eigenvalue weighted by molar-refractivity contribution is 0.133. The average molecular weight is 370 g/mol. The molecule has 1 aromatic carbocycles. The molecule has 2 heterocycles. The number of nitrogens with one attached hydrogen (secondary N) is 1. The maximum Gasteiger partial charge on any atom is 0.414 e. The van der Waals surface area contributed by atoms with E-state index in [0.29, 0.717) is 35.1 Å². The molecule has 1 atom stereocenters. The molecule has 0 radical (unpaired) electrons. The van der Waals surface area contributed by atoms with Crippen molar-refractivity contribution < 1.29 is 19.1 Å². The molecule has 8 heteroatoms. The molecule has 4 rings (SSSR count). The van der Waals surface area contributed by atoms with Crippen LogP contribution in [0.1, 0.15) is 19.3 Å². The fourth-order valence-corrected chi connectivity index (χ4v) is 3.20. The Labute approximate surface area is 155 Å². The molecular formula is C19H19FN4O3. The summed E-state index contributed by atoms with van der Waals surface area (Å²) in [5, 5.41) is 8.48. The van der Waals surface area contributed by atoms with Crippen molar-refractivity contribution in [2.45, 2.75) is 25.4 Å². The van der Waals surface area contributed by atoms with Gasteiger partial charge in [0.2, 0.25) is 0 Å². The van der Waals surface area contributed by atoms with Gasteiger partial charge in [-0.1, -0.05) is 12.8 Å². The molecule has 1 aliphatic heterocycles. The number of pyridine rings is 1. The topological polar surface area (TPSA) is 87.0 Å². The number of amides is 1. The summed E-state index contributed by atoms with van der Waals surface area (Å²) in [6, 6.07) is 7.97. The Morgan fingerprint density at radius 2 is 2.22 bits per heavy atom. The van der Waals surface area contributed by atoms with Crippen LogP contribution in [-0.4, -0.2) is 35.3 Å². The number of anilines is 1. The molecule has 7 nitrogen and oxygen atoms in total. The van der Waals surface area contributed by atoms with E-state index in [9.17, 15) is 9.18 Å². The number of hydrogen-bond acceptors (Lipinski definition) is 5. The molecule has 1 saturated heterocycles. The van der Waals surface area contributed by atoms with E-state index < -0.39 is 11.9 Å². The van der Waals surface area contributed by atoms with Crippen molar-refractivity contribution in [2.75, 3.05) is 11.4 Å². The largest absolute Gasteiger partial charge is 0.444 e. The van der Waals surface area contributed by atoms with Gasteiger partial charge in [0.1, 0.15) is 18.3 Å². The van der Waals surface area contributed by atoms with Crippen LogP contribution in [0.2, 0.25) is 0 Å². The van der Waals surface area contributed by atoms with Crippen LogP contribution in [0.4, 0.5) is 20.7 Å². The number of nitrogens with zero attached hydrogens (tertiary/aromatic N) is 3. The second-order valence-electron chi connectivity index (χ2n) is 6.75. The molecule has 0 spiro atoms. The van der Waals surface area contributed by atoms with E-state index >= 15 is 0 Å². The molecule has 2 aliphatic rings. The summed E-state index contributed by atoms with van der Waals surface area (Å²) in [6.45, 7) is 0.460. The molecule has 1 amide bonds. The highest BCUT2D eigenvalue weighted by Crippen LogP contribution is 2.37. The highest BCUT2D eigenvalue weighted by molar-refractivity contribution is 5.90. The number of cyclic esters (lactones) is 1. The minimum absolute atomic E-state index is 0.113. The monoisotopic (exact) mass is 370 g/mol. The third-order valence-corrected chi connectivity index (χ3v) is 4.74. The number of hydrogen-bond donors (Lipinski definition) is 2. The predicted octanol–water partition coefficient (Wildman–Crippen LogP) is 3.65. The van der Waals surface area contributed by atoms with E-state index in [0.717, 1.165) is 12.8 Å². The van der Waals surface area contributed by atoms with Crippen molar-refractivity contribution in [3.05, 3.63) is 42.3 Å². The fraction of sp³-hybridized carbons (Fsp3) is 0.316. The quantitative estimate of drug-likeness (QED) is 0.460. The van der Waals surface area contributed by atoms with Crippen molar-refractivity contribution in [1.29, 1.82) is 0 Å².